The SMILES string of the molecule is CNc1ncc(-c2cc(C#N)c(=O)[nH]c2C)[nH]1. The molecule has 0 bridgehead atoms. The number of H-pyrrole nitrogens is 2. The van der Waals surface area contributed by atoms with Gasteiger partial charge in [-0.15, -0.1) is 0 Å². The maximum atomic E-state index is 11.4. The Labute approximate surface area is 97.3 Å². The van der Waals surface area contributed by atoms with Crippen molar-refractivity contribution in [2.24, 2.45) is 0 Å². The summed E-state index contributed by atoms with van der Waals surface area (Å²) in [7, 11) is 1.75. The molecule has 0 unspecified atom stereocenters. The number of aryl methyl sites for hydroxylation is 1. The van der Waals surface area contributed by atoms with E-state index in [1.54, 1.807) is 26.2 Å². The molecule has 0 fully saturated rings. The molecule has 0 spiro atoms. The molecule has 3 N–H and O–H groups in total. The Morgan fingerprint density at radius 1 is 1.47 bits per heavy atom. The van der Waals surface area contributed by atoms with Gasteiger partial charge < -0.3 is 15.3 Å². The van der Waals surface area contributed by atoms with E-state index in [-0.39, 0.29) is 11.1 Å². The third-order valence-electron chi connectivity index (χ3n) is 2.46. The first kappa shape index (κ1) is 11.0. The number of hydrogen-bond donors (Lipinski definition) is 3. The monoisotopic (exact) mass is 229 g/mol. The first-order valence-electron chi connectivity index (χ1n) is 5.03. The average molecular weight is 229 g/mol. The third-order valence-corrected chi connectivity index (χ3v) is 2.46. The lowest BCUT2D eigenvalue weighted by atomic mass is 10.1. The van der Waals surface area contributed by atoms with Crippen molar-refractivity contribution in [3.8, 4) is 17.3 Å². The van der Waals surface area contributed by atoms with Gasteiger partial charge in [0, 0.05) is 18.3 Å². The molecule has 0 atom stereocenters. The summed E-state index contributed by atoms with van der Waals surface area (Å²) in [6.45, 7) is 1.78. The van der Waals surface area contributed by atoms with E-state index in [2.05, 4.69) is 20.3 Å². The quantitative estimate of drug-likeness (QED) is 0.715. The Bertz CT molecular complexity index is 647. The van der Waals surface area contributed by atoms with Crippen LogP contribution in [0.25, 0.3) is 11.3 Å². The molecule has 2 rings (SSSR count). The largest absolute Gasteiger partial charge is 0.359 e. The molecule has 86 valence electrons. The molecule has 2 aromatic heterocycles. The van der Waals surface area contributed by atoms with Crippen molar-refractivity contribution >= 4 is 5.95 Å². The summed E-state index contributed by atoms with van der Waals surface area (Å²) in [5.41, 5.74) is 1.92. The summed E-state index contributed by atoms with van der Waals surface area (Å²) in [6, 6.07) is 3.42. The molecule has 6 nitrogen and oxygen atoms in total. The van der Waals surface area contributed by atoms with E-state index < -0.39 is 0 Å². The van der Waals surface area contributed by atoms with E-state index in [4.69, 9.17) is 5.26 Å². The van der Waals surface area contributed by atoms with Crippen molar-refractivity contribution in [1.82, 2.24) is 15.0 Å². The van der Waals surface area contributed by atoms with Crippen LogP contribution >= 0.6 is 0 Å². The predicted molar refractivity (Wildman–Crippen MR) is 63.6 cm³/mol. The van der Waals surface area contributed by atoms with Gasteiger partial charge in [-0.05, 0) is 13.0 Å². The highest BCUT2D eigenvalue weighted by Gasteiger charge is 2.09. The second-order valence-corrected chi connectivity index (χ2v) is 3.56. The summed E-state index contributed by atoms with van der Waals surface area (Å²) in [5.74, 6) is 0.629. The Hall–Kier alpha value is -2.55. The number of nitrogens with one attached hydrogen (secondary N) is 3. The van der Waals surface area contributed by atoms with Crippen LogP contribution in [0.2, 0.25) is 0 Å². The van der Waals surface area contributed by atoms with Crippen LogP contribution < -0.4 is 10.9 Å². The number of nitriles is 1. The zero-order valence-electron chi connectivity index (χ0n) is 9.46. The highest BCUT2D eigenvalue weighted by atomic mass is 16.1. The van der Waals surface area contributed by atoms with Crippen LogP contribution in [-0.2, 0) is 0 Å². The minimum atomic E-state index is -0.373. The third kappa shape index (κ3) is 1.90. The Balaban J connectivity index is 2.59. The van der Waals surface area contributed by atoms with Crippen molar-refractivity contribution < 1.29 is 0 Å². The van der Waals surface area contributed by atoms with Crippen LogP contribution in [0.3, 0.4) is 0 Å². The van der Waals surface area contributed by atoms with E-state index >= 15 is 0 Å². The second-order valence-electron chi connectivity index (χ2n) is 3.56. The van der Waals surface area contributed by atoms with E-state index in [1.807, 2.05) is 6.07 Å². The first-order chi connectivity index (χ1) is 8.15. The van der Waals surface area contributed by atoms with Gasteiger partial charge in [-0.1, -0.05) is 0 Å². The zero-order valence-corrected chi connectivity index (χ0v) is 9.46. The van der Waals surface area contributed by atoms with E-state index in [0.29, 0.717) is 11.6 Å². The van der Waals surface area contributed by atoms with Crippen molar-refractivity contribution in [2.45, 2.75) is 6.92 Å². The van der Waals surface area contributed by atoms with Gasteiger partial charge >= 0.3 is 0 Å². The fourth-order valence-electron chi connectivity index (χ4n) is 1.57. The molecule has 0 aromatic carbocycles. The molecule has 0 aliphatic rings. The molecule has 0 amide bonds. The molecular formula is C11H11N5O. The van der Waals surface area contributed by atoms with Gasteiger partial charge in [0.1, 0.15) is 11.6 Å². The van der Waals surface area contributed by atoms with Crippen molar-refractivity contribution in [2.75, 3.05) is 12.4 Å². The van der Waals surface area contributed by atoms with Crippen LogP contribution in [-0.4, -0.2) is 22.0 Å². The first-order valence-corrected chi connectivity index (χ1v) is 5.03. The average Bonchev–Trinajstić information content (AvgIpc) is 2.78. The standard InChI is InChI=1S/C11H11N5O/c1-6-8(3-7(4-12)10(17)15-6)9-5-14-11(13-2)16-9/h3,5H,1-2H3,(H,15,17)(H2,13,14,16). The number of hydrogen-bond acceptors (Lipinski definition) is 4. The number of imidazole rings is 1. The molecule has 0 aliphatic heterocycles. The molecule has 6 heteroatoms. The van der Waals surface area contributed by atoms with Crippen LogP contribution in [0.1, 0.15) is 11.3 Å². The van der Waals surface area contributed by atoms with Gasteiger partial charge in [0.2, 0.25) is 0 Å². The number of rotatable bonds is 2. The number of aromatic nitrogens is 3. The fourth-order valence-corrected chi connectivity index (χ4v) is 1.57. The number of anilines is 1. The highest BCUT2D eigenvalue weighted by molar-refractivity contribution is 5.64. The second kappa shape index (κ2) is 4.14. The number of aromatic amines is 2. The molecule has 2 aromatic rings. The van der Waals surface area contributed by atoms with Crippen LogP contribution in [0.15, 0.2) is 17.1 Å². The molecule has 17 heavy (non-hydrogen) atoms. The smallest absolute Gasteiger partial charge is 0.266 e. The van der Waals surface area contributed by atoms with Crippen molar-refractivity contribution in [3.05, 3.63) is 33.9 Å². The van der Waals surface area contributed by atoms with Crippen LogP contribution in [0.4, 0.5) is 5.95 Å². The van der Waals surface area contributed by atoms with Crippen LogP contribution in [0, 0.1) is 18.3 Å². The Kier molecular flexibility index (Phi) is 2.66. The van der Waals surface area contributed by atoms with Gasteiger partial charge in [-0.25, -0.2) is 4.98 Å². The topological polar surface area (TPSA) is 97.4 Å². The van der Waals surface area contributed by atoms with Gasteiger partial charge in [-0.2, -0.15) is 5.26 Å². The van der Waals surface area contributed by atoms with E-state index in [9.17, 15) is 4.79 Å². The predicted octanol–water partition coefficient (Wildman–Crippen LogP) is 0.987. The highest BCUT2D eigenvalue weighted by Crippen LogP contribution is 2.20. The minimum absolute atomic E-state index is 0.0891. The minimum Gasteiger partial charge on any atom is -0.359 e. The van der Waals surface area contributed by atoms with Gasteiger partial charge in [-0.3, -0.25) is 4.79 Å². The van der Waals surface area contributed by atoms with Gasteiger partial charge in [0.15, 0.2) is 5.95 Å². The maximum Gasteiger partial charge on any atom is 0.266 e. The van der Waals surface area contributed by atoms with Crippen molar-refractivity contribution in [1.29, 1.82) is 5.26 Å². The fraction of sp³-hybridized carbons (Fsp3) is 0.182. The lowest BCUT2D eigenvalue weighted by Gasteiger charge is -2.03. The molecular weight excluding hydrogens is 218 g/mol. The molecule has 0 saturated carbocycles. The Morgan fingerprint density at radius 3 is 2.82 bits per heavy atom. The summed E-state index contributed by atoms with van der Waals surface area (Å²) in [6.07, 6.45) is 1.65. The Morgan fingerprint density at radius 2 is 2.24 bits per heavy atom. The molecule has 0 aliphatic carbocycles. The maximum absolute atomic E-state index is 11.4. The summed E-state index contributed by atoms with van der Waals surface area (Å²) in [5, 5.41) is 11.7. The lowest BCUT2D eigenvalue weighted by Crippen LogP contribution is -2.12. The van der Waals surface area contributed by atoms with E-state index in [1.165, 1.54) is 0 Å². The molecule has 0 radical (unpaired) electrons. The summed E-state index contributed by atoms with van der Waals surface area (Å²) in [4.78, 5) is 21.2. The lowest BCUT2D eigenvalue weighted by molar-refractivity contribution is 1.13. The number of nitrogens with zero attached hydrogens (tertiary/aromatic N) is 2. The van der Waals surface area contributed by atoms with Crippen LogP contribution in [0.5, 0.6) is 0 Å². The molecule has 2 heterocycles. The zero-order chi connectivity index (χ0) is 12.4. The number of pyridine rings is 1. The summed E-state index contributed by atoms with van der Waals surface area (Å²) >= 11 is 0. The van der Waals surface area contributed by atoms with Crippen molar-refractivity contribution in [3.63, 3.8) is 0 Å². The summed E-state index contributed by atoms with van der Waals surface area (Å²) < 4.78 is 0. The van der Waals surface area contributed by atoms with E-state index in [0.717, 1.165) is 11.3 Å². The van der Waals surface area contributed by atoms with Gasteiger partial charge in [0.05, 0.1) is 11.9 Å². The van der Waals surface area contributed by atoms with Gasteiger partial charge in [0.25, 0.3) is 5.56 Å². The normalized spacial score (nSPS) is 9.94. The molecule has 0 saturated heterocycles.